The molecule has 0 unspecified atom stereocenters. The van der Waals surface area contributed by atoms with Crippen molar-refractivity contribution in [3.8, 4) is 16.9 Å². The summed E-state index contributed by atoms with van der Waals surface area (Å²) in [7, 11) is 0. The zero-order chi connectivity index (χ0) is 24.4. The van der Waals surface area contributed by atoms with E-state index in [9.17, 15) is 9.90 Å². The van der Waals surface area contributed by atoms with E-state index >= 15 is 0 Å². The second-order valence-electron chi connectivity index (χ2n) is 8.08. The van der Waals surface area contributed by atoms with Gasteiger partial charge in [-0.2, -0.15) is 4.57 Å². The number of rotatable bonds is 7. The molecule has 2 heterocycles. The molecule has 1 aliphatic rings. The molecule has 0 N–H and O–H groups in total. The smallest absolute Gasteiger partial charge is 0.262 e. The van der Waals surface area contributed by atoms with Crippen LogP contribution < -0.4 is 19.3 Å². The highest BCUT2D eigenvalue weighted by Gasteiger charge is 2.26. The molecular weight excluding hydrogens is 504 g/mol. The molecule has 0 bridgehead atoms. The van der Waals surface area contributed by atoms with Gasteiger partial charge in [0, 0.05) is 36.1 Å². The van der Waals surface area contributed by atoms with Crippen LogP contribution in [0, 0.1) is 0 Å². The van der Waals surface area contributed by atoms with Crippen LogP contribution in [0.5, 0.6) is 5.75 Å². The van der Waals surface area contributed by atoms with Gasteiger partial charge in [-0.1, -0.05) is 74.2 Å². The summed E-state index contributed by atoms with van der Waals surface area (Å²) in [4.78, 5) is 13.1. The van der Waals surface area contributed by atoms with Crippen LogP contribution in [0.2, 0.25) is 5.02 Å². The Morgan fingerprint density at radius 1 is 1.08 bits per heavy atom. The summed E-state index contributed by atoms with van der Waals surface area (Å²) < 4.78 is 9.49. The van der Waals surface area contributed by atoms with Gasteiger partial charge in [0.05, 0.1) is 5.69 Å². The number of carboxylic acid groups (broad SMARTS) is 1. The van der Waals surface area contributed by atoms with Gasteiger partial charge >= 0.3 is 0 Å². The lowest BCUT2D eigenvalue weighted by atomic mass is 10.0. The SMILES string of the molecule is C.C.CC[n+]1c(C=CC=C2Oc3ccc(-c4ccccc4)cc3N2CCC(=O)[O-])sc2ccc(Cl)cc21. The fourth-order valence-electron chi connectivity index (χ4n) is 4.21. The highest BCUT2D eigenvalue weighted by atomic mass is 35.5. The second kappa shape index (κ2) is 12.1. The summed E-state index contributed by atoms with van der Waals surface area (Å²) in [5.74, 6) is 0.179. The number of aromatic nitrogens is 1. The quantitative estimate of drug-likeness (QED) is 0.248. The monoisotopic (exact) mass is 534 g/mol. The fourth-order valence-corrected chi connectivity index (χ4v) is 5.49. The Morgan fingerprint density at radius 2 is 1.86 bits per heavy atom. The molecule has 7 heteroatoms. The van der Waals surface area contributed by atoms with Gasteiger partial charge < -0.3 is 19.5 Å². The number of carbonyl (C=O) groups is 1. The third kappa shape index (κ3) is 5.87. The molecule has 0 spiro atoms. The standard InChI is InChI=1S/C28H23ClN2O3S.2CH4/c1-2-30-23-18-21(29)12-14-25(23)35-27(30)10-6-9-26-31(16-15-28(32)33)22-17-20(11-13-24(22)34-26)19-7-4-3-5-8-19;;/h3-14,17-18H,2,15-16H2,1H3;2*1H4. The van der Waals surface area contributed by atoms with Gasteiger partial charge in [0.25, 0.3) is 5.01 Å². The Labute approximate surface area is 227 Å². The Balaban J connectivity index is 0.00000190. The number of benzene rings is 3. The topological polar surface area (TPSA) is 56.5 Å². The van der Waals surface area contributed by atoms with E-state index in [0.29, 0.717) is 16.7 Å². The predicted molar refractivity (Wildman–Crippen MR) is 153 cm³/mol. The lowest BCUT2D eigenvalue weighted by Crippen LogP contribution is -2.33. The summed E-state index contributed by atoms with van der Waals surface area (Å²) in [6.07, 6.45) is 5.73. The van der Waals surface area contributed by atoms with Crippen molar-refractivity contribution in [1.82, 2.24) is 0 Å². The summed E-state index contributed by atoms with van der Waals surface area (Å²) in [6.45, 7) is 3.17. The van der Waals surface area contributed by atoms with Gasteiger partial charge in [-0.05, 0) is 54.5 Å². The Kier molecular flexibility index (Phi) is 9.14. The molecular formula is C30H31ClN2O3S. The summed E-state index contributed by atoms with van der Waals surface area (Å²) in [5, 5.41) is 13.0. The van der Waals surface area contributed by atoms with Crippen molar-refractivity contribution in [1.29, 1.82) is 0 Å². The van der Waals surface area contributed by atoms with Crippen molar-refractivity contribution < 1.29 is 19.2 Å². The van der Waals surface area contributed by atoms with Crippen molar-refractivity contribution in [2.24, 2.45) is 0 Å². The molecule has 5 rings (SSSR count). The van der Waals surface area contributed by atoms with Gasteiger partial charge in [0.2, 0.25) is 11.4 Å². The number of carboxylic acids is 1. The summed E-state index contributed by atoms with van der Waals surface area (Å²) in [5.41, 5.74) is 4.07. The number of hydrogen-bond acceptors (Lipinski definition) is 5. The first-order chi connectivity index (χ1) is 17.0. The Morgan fingerprint density at radius 3 is 2.59 bits per heavy atom. The van der Waals surface area contributed by atoms with Crippen molar-refractivity contribution >= 4 is 50.9 Å². The third-order valence-electron chi connectivity index (χ3n) is 5.86. The lowest BCUT2D eigenvalue weighted by Gasteiger charge is -2.18. The first-order valence-corrected chi connectivity index (χ1v) is 12.6. The van der Waals surface area contributed by atoms with Crippen LogP contribution in [-0.2, 0) is 11.3 Å². The number of ether oxygens (including phenoxy) is 1. The van der Waals surface area contributed by atoms with Crippen LogP contribution in [-0.4, -0.2) is 12.5 Å². The molecule has 0 aliphatic carbocycles. The number of nitrogens with zero attached hydrogens (tertiary/aromatic N) is 2. The van der Waals surface area contributed by atoms with Crippen LogP contribution in [0.4, 0.5) is 5.69 Å². The molecule has 192 valence electrons. The Bertz CT molecular complexity index is 1460. The molecule has 3 aromatic carbocycles. The zero-order valence-corrected chi connectivity index (χ0v) is 20.7. The molecule has 37 heavy (non-hydrogen) atoms. The number of aliphatic carboxylic acids is 1. The van der Waals surface area contributed by atoms with E-state index in [0.717, 1.165) is 38.6 Å². The van der Waals surface area contributed by atoms with Crippen molar-refractivity contribution in [3.63, 3.8) is 0 Å². The maximum Gasteiger partial charge on any atom is 0.262 e. The van der Waals surface area contributed by atoms with Crippen LogP contribution >= 0.6 is 22.9 Å². The van der Waals surface area contributed by atoms with E-state index in [1.54, 1.807) is 11.3 Å². The number of carbonyl (C=O) groups excluding carboxylic acids is 1. The van der Waals surface area contributed by atoms with Crippen LogP contribution in [0.3, 0.4) is 0 Å². The largest absolute Gasteiger partial charge is 0.550 e. The van der Waals surface area contributed by atoms with Crippen molar-refractivity contribution in [2.45, 2.75) is 34.7 Å². The predicted octanol–water partition coefficient (Wildman–Crippen LogP) is 6.69. The maximum atomic E-state index is 11.2. The van der Waals surface area contributed by atoms with E-state index in [2.05, 4.69) is 11.5 Å². The van der Waals surface area contributed by atoms with Crippen LogP contribution in [0.1, 0.15) is 33.2 Å². The molecule has 5 nitrogen and oxygen atoms in total. The highest BCUT2D eigenvalue weighted by Crippen LogP contribution is 2.41. The number of hydrogen-bond donors (Lipinski definition) is 0. The molecule has 0 atom stereocenters. The molecule has 0 radical (unpaired) electrons. The maximum absolute atomic E-state index is 11.2. The molecule has 1 aliphatic heterocycles. The number of allylic oxidation sites excluding steroid dienone is 2. The zero-order valence-electron chi connectivity index (χ0n) is 19.1. The van der Waals surface area contributed by atoms with E-state index in [-0.39, 0.29) is 27.8 Å². The highest BCUT2D eigenvalue weighted by molar-refractivity contribution is 7.18. The number of aryl methyl sites for hydroxylation is 1. The molecule has 0 fully saturated rings. The molecule has 0 saturated heterocycles. The number of halogens is 1. The van der Waals surface area contributed by atoms with E-state index in [4.69, 9.17) is 16.3 Å². The molecule has 0 amide bonds. The first kappa shape index (κ1) is 28.0. The van der Waals surface area contributed by atoms with Gasteiger partial charge in [-0.3, -0.25) is 0 Å². The van der Waals surface area contributed by atoms with Crippen LogP contribution in [0.25, 0.3) is 27.4 Å². The number of fused-ring (bicyclic) bond motifs is 2. The fraction of sp³-hybridized carbons (Fsp3) is 0.200. The minimum absolute atomic E-state index is 0. The van der Waals surface area contributed by atoms with E-state index in [1.807, 2.05) is 89.9 Å². The van der Waals surface area contributed by atoms with Crippen molar-refractivity contribution in [3.05, 3.63) is 94.8 Å². The van der Waals surface area contributed by atoms with E-state index < -0.39 is 5.97 Å². The third-order valence-corrected chi connectivity index (χ3v) is 7.23. The average Bonchev–Trinajstić information content (AvgIpc) is 3.39. The summed E-state index contributed by atoms with van der Waals surface area (Å²) >= 11 is 7.89. The molecule has 4 aromatic rings. The average molecular weight is 535 g/mol. The normalized spacial score (nSPS) is 13.4. The summed E-state index contributed by atoms with van der Waals surface area (Å²) in [6, 6.07) is 21.9. The van der Waals surface area contributed by atoms with Gasteiger partial charge in [-0.15, -0.1) is 0 Å². The van der Waals surface area contributed by atoms with Gasteiger partial charge in [0.1, 0.15) is 11.2 Å². The van der Waals surface area contributed by atoms with Gasteiger partial charge in [0.15, 0.2) is 5.75 Å². The van der Waals surface area contributed by atoms with Crippen LogP contribution in [0.15, 0.2) is 84.8 Å². The minimum Gasteiger partial charge on any atom is -0.550 e. The van der Waals surface area contributed by atoms with E-state index in [1.165, 1.54) is 0 Å². The van der Waals surface area contributed by atoms with Gasteiger partial charge in [-0.25, -0.2) is 0 Å². The minimum atomic E-state index is -1.10. The Hall–Kier alpha value is -3.61. The second-order valence-corrected chi connectivity index (χ2v) is 9.58. The first-order valence-electron chi connectivity index (χ1n) is 11.4. The number of anilines is 1. The lowest BCUT2D eigenvalue weighted by molar-refractivity contribution is -0.665. The molecule has 0 saturated carbocycles. The van der Waals surface area contributed by atoms with Crippen molar-refractivity contribution in [2.75, 3.05) is 11.4 Å². The molecule has 1 aromatic heterocycles. The number of thiazole rings is 1.